The number of benzene rings is 2. The molecule has 1 unspecified atom stereocenters. The summed E-state index contributed by atoms with van der Waals surface area (Å²) < 4.78 is 48.0. The topological polar surface area (TPSA) is 65.0 Å². The maximum atomic E-state index is 12.6. The van der Waals surface area contributed by atoms with Gasteiger partial charge in [-0.3, -0.25) is 4.79 Å². The fourth-order valence-corrected chi connectivity index (χ4v) is 2.26. The zero-order valence-electron chi connectivity index (χ0n) is 13.3. The molecule has 2 aromatic carbocycles. The van der Waals surface area contributed by atoms with Gasteiger partial charge < -0.3 is 9.47 Å². The van der Waals surface area contributed by atoms with E-state index < -0.39 is 23.6 Å². The van der Waals surface area contributed by atoms with Crippen molar-refractivity contribution in [2.75, 3.05) is 14.2 Å². The number of ketones is 1. The molecule has 0 N–H and O–H groups in total. The third-order valence-corrected chi connectivity index (χ3v) is 3.58. The lowest BCUT2D eigenvalue weighted by molar-refractivity contribution is -0.137. The van der Waals surface area contributed by atoms with Gasteiger partial charge in [-0.2, -0.15) is 13.2 Å². The number of rotatable bonds is 6. The van der Waals surface area contributed by atoms with Gasteiger partial charge in [-0.25, -0.2) is 0 Å². The number of halogens is 3. The first-order chi connectivity index (χ1) is 11.8. The van der Waals surface area contributed by atoms with Gasteiger partial charge in [-0.05, 0) is 35.9 Å². The molecule has 0 aromatic heterocycles. The number of nitroso groups, excluding NO2 is 1. The fraction of sp³-hybridized carbons (Fsp3) is 0.235. The van der Waals surface area contributed by atoms with Crippen LogP contribution >= 0.6 is 0 Å². The molecule has 0 amide bonds. The monoisotopic (exact) mass is 353 g/mol. The van der Waals surface area contributed by atoms with Crippen LogP contribution in [0.25, 0.3) is 0 Å². The highest BCUT2D eigenvalue weighted by atomic mass is 19.4. The number of Topliss-reactive ketones (excluding diaryl/α,β-unsaturated/α-hetero) is 1. The fourth-order valence-electron chi connectivity index (χ4n) is 2.26. The first kappa shape index (κ1) is 18.4. The molecule has 0 aliphatic heterocycles. The van der Waals surface area contributed by atoms with Crippen LogP contribution in [0.4, 0.5) is 13.2 Å². The highest BCUT2D eigenvalue weighted by Crippen LogP contribution is 2.33. The molecule has 25 heavy (non-hydrogen) atoms. The summed E-state index contributed by atoms with van der Waals surface area (Å²) in [6.45, 7) is 0. The molecule has 0 spiro atoms. The lowest BCUT2D eigenvalue weighted by Crippen LogP contribution is -2.12. The average molecular weight is 353 g/mol. The Hall–Kier alpha value is -2.90. The minimum atomic E-state index is -4.50. The predicted octanol–water partition coefficient (Wildman–Crippen LogP) is 4.41. The standard InChI is InChI=1S/C17H14F3NO4/c1-24-13-8-5-11(9-14(13)25-2)16(22)15(21-23)10-3-6-12(7-4-10)17(18,19)20/h3-9,15H,1-2H3. The van der Waals surface area contributed by atoms with Crippen LogP contribution in [-0.2, 0) is 6.18 Å². The van der Waals surface area contributed by atoms with E-state index in [0.717, 1.165) is 24.3 Å². The van der Waals surface area contributed by atoms with Crippen LogP contribution in [0.3, 0.4) is 0 Å². The molecular weight excluding hydrogens is 339 g/mol. The summed E-state index contributed by atoms with van der Waals surface area (Å²) in [7, 11) is 2.81. The van der Waals surface area contributed by atoms with E-state index in [2.05, 4.69) is 5.18 Å². The Labute approximate surface area is 141 Å². The molecule has 0 heterocycles. The summed E-state index contributed by atoms with van der Waals surface area (Å²) in [6.07, 6.45) is -4.50. The van der Waals surface area contributed by atoms with E-state index in [9.17, 15) is 22.9 Å². The summed E-state index contributed by atoms with van der Waals surface area (Å²) in [4.78, 5) is 23.6. The Morgan fingerprint density at radius 2 is 1.60 bits per heavy atom. The van der Waals surface area contributed by atoms with Crippen LogP contribution in [0.15, 0.2) is 47.6 Å². The normalized spacial score (nSPS) is 12.4. The van der Waals surface area contributed by atoms with E-state index in [-0.39, 0.29) is 16.9 Å². The first-order valence-corrected chi connectivity index (χ1v) is 7.07. The first-order valence-electron chi connectivity index (χ1n) is 7.07. The number of alkyl halides is 3. The van der Waals surface area contributed by atoms with E-state index >= 15 is 0 Å². The second kappa shape index (κ2) is 7.33. The molecule has 5 nitrogen and oxygen atoms in total. The van der Waals surface area contributed by atoms with Gasteiger partial charge in [-0.1, -0.05) is 17.3 Å². The van der Waals surface area contributed by atoms with Crippen molar-refractivity contribution in [2.45, 2.75) is 12.2 Å². The van der Waals surface area contributed by atoms with E-state index in [0.29, 0.717) is 5.75 Å². The van der Waals surface area contributed by atoms with E-state index in [4.69, 9.17) is 9.47 Å². The molecule has 2 rings (SSSR count). The molecule has 0 fully saturated rings. The molecule has 0 saturated carbocycles. The Bertz CT molecular complexity index is 772. The van der Waals surface area contributed by atoms with Gasteiger partial charge in [0.1, 0.15) is 0 Å². The van der Waals surface area contributed by atoms with Gasteiger partial charge in [0.25, 0.3) is 0 Å². The van der Waals surface area contributed by atoms with Crippen molar-refractivity contribution in [1.82, 2.24) is 0 Å². The average Bonchev–Trinajstić information content (AvgIpc) is 2.61. The molecule has 0 saturated heterocycles. The number of carbonyl (C=O) groups is 1. The summed E-state index contributed by atoms with van der Waals surface area (Å²) in [6, 6.07) is 6.56. The van der Waals surface area contributed by atoms with Gasteiger partial charge >= 0.3 is 6.18 Å². The molecule has 132 valence electrons. The van der Waals surface area contributed by atoms with Crippen LogP contribution in [0.5, 0.6) is 11.5 Å². The number of methoxy groups -OCH3 is 2. The quantitative estimate of drug-likeness (QED) is 0.570. The number of hydrogen-bond donors (Lipinski definition) is 0. The smallest absolute Gasteiger partial charge is 0.416 e. The van der Waals surface area contributed by atoms with Gasteiger partial charge in [0.05, 0.1) is 19.8 Å². The van der Waals surface area contributed by atoms with Crippen molar-refractivity contribution in [3.8, 4) is 11.5 Å². The number of ether oxygens (including phenoxy) is 2. The maximum absolute atomic E-state index is 12.6. The van der Waals surface area contributed by atoms with Crippen molar-refractivity contribution in [1.29, 1.82) is 0 Å². The minimum Gasteiger partial charge on any atom is -0.493 e. The zero-order valence-corrected chi connectivity index (χ0v) is 13.3. The summed E-state index contributed by atoms with van der Waals surface area (Å²) in [5.74, 6) is 0.0188. The van der Waals surface area contributed by atoms with Crippen molar-refractivity contribution in [2.24, 2.45) is 5.18 Å². The van der Waals surface area contributed by atoms with E-state index in [1.165, 1.54) is 32.4 Å². The highest BCUT2D eigenvalue weighted by molar-refractivity contribution is 6.01. The minimum absolute atomic E-state index is 0.0720. The predicted molar refractivity (Wildman–Crippen MR) is 83.9 cm³/mol. The molecule has 0 radical (unpaired) electrons. The summed E-state index contributed by atoms with van der Waals surface area (Å²) in [5, 5.41) is 2.77. The molecule has 0 aliphatic rings. The van der Waals surface area contributed by atoms with Crippen molar-refractivity contribution in [3.05, 3.63) is 64.1 Å². The summed E-state index contributed by atoms with van der Waals surface area (Å²) in [5.41, 5.74) is -0.676. The summed E-state index contributed by atoms with van der Waals surface area (Å²) >= 11 is 0. The highest BCUT2D eigenvalue weighted by Gasteiger charge is 2.31. The van der Waals surface area contributed by atoms with Crippen molar-refractivity contribution >= 4 is 5.78 Å². The van der Waals surface area contributed by atoms with E-state index in [1.807, 2.05) is 0 Å². The molecular formula is C17H14F3NO4. The van der Waals surface area contributed by atoms with Crippen LogP contribution < -0.4 is 9.47 Å². The van der Waals surface area contributed by atoms with Crippen molar-refractivity contribution < 1.29 is 27.4 Å². The number of carbonyl (C=O) groups excluding carboxylic acids is 1. The SMILES string of the molecule is COc1ccc(C(=O)C(N=O)c2ccc(C(F)(F)F)cc2)cc1OC. The second-order valence-corrected chi connectivity index (χ2v) is 5.06. The number of nitrogens with zero attached hydrogens (tertiary/aromatic N) is 1. The van der Waals surface area contributed by atoms with Crippen molar-refractivity contribution in [3.63, 3.8) is 0 Å². The third kappa shape index (κ3) is 3.96. The molecule has 8 heteroatoms. The largest absolute Gasteiger partial charge is 0.493 e. The lowest BCUT2D eigenvalue weighted by atomic mass is 9.97. The Morgan fingerprint density at radius 1 is 1.00 bits per heavy atom. The Kier molecular flexibility index (Phi) is 5.41. The van der Waals surface area contributed by atoms with Gasteiger partial charge in [0.15, 0.2) is 23.3 Å². The zero-order chi connectivity index (χ0) is 18.6. The Balaban J connectivity index is 2.34. The number of hydrogen-bond acceptors (Lipinski definition) is 5. The second-order valence-electron chi connectivity index (χ2n) is 5.06. The van der Waals surface area contributed by atoms with Crippen LogP contribution in [0.2, 0.25) is 0 Å². The van der Waals surface area contributed by atoms with Crippen LogP contribution in [0, 0.1) is 4.91 Å². The molecule has 0 bridgehead atoms. The molecule has 2 aromatic rings. The lowest BCUT2D eigenvalue weighted by Gasteiger charge is -2.13. The third-order valence-electron chi connectivity index (χ3n) is 3.58. The van der Waals surface area contributed by atoms with Gasteiger partial charge in [0, 0.05) is 5.56 Å². The maximum Gasteiger partial charge on any atom is 0.416 e. The van der Waals surface area contributed by atoms with Crippen LogP contribution in [-0.4, -0.2) is 20.0 Å². The van der Waals surface area contributed by atoms with E-state index in [1.54, 1.807) is 0 Å². The van der Waals surface area contributed by atoms with Crippen LogP contribution in [0.1, 0.15) is 27.5 Å². The Morgan fingerprint density at radius 3 is 2.08 bits per heavy atom. The van der Waals surface area contributed by atoms with Gasteiger partial charge in [-0.15, -0.1) is 4.91 Å². The molecule has 0 aliphatic carbocycles. The van der Waals surface area contributed by atoms with Gasteiger partial charge in [0.2, 0.25) is 0 Å². The molecule has 1 atom stereocenters.